The lowest BCUT2D eigenvalue weighted by Gasteiger charge is -2.35. The maximum atomic E-state index is 13.1. The van der Waals surface area contributed by atoms with Gasteiger partial charge < -0.3 is 10.0 Å². The zero-order valence-electron chi connectivity index (χ0n) is 12.4. The standard InChI is InChI=1S/C17H16BrNO3S/c18-12-7-11-3-1-2-4-14(11)15(8-12)17(22)19-5-6-23-10-13(19)9-16(20)21/h1-4,7-8,13H,5-6,9-10H2,(H,20,21). The van der Waals surface area contributed by atoms with Crippen molar-refractivity contribution in [2.75, 3.05) is 18.1 Å². The third-order valence-electron chi connectivity index (χ3n) is 3.96. The molecule has 23 heavy (non-hydrogen) atoms. The first-order chi connectivity index (χ1) is 11.1. The molecule has 0 bridgehead atoms. The van der Waals surface area contributed by atoms with Gasteiger partial charge in [0.05, 0.1) is 12.5 Å². The van der Waals surface area contributed by atoms with Crippen LogP contribution in [0.25, 0.3) is 10.8 Å². The molecule has 0 radical (unpaired) electrons. The lowest BCUT2D eigenvalue weighted by molar-refractivity contribution is -0.138. The highest BCUT2D eigenvalue weighted by Crippen LogP contribution is 2.28. The zero-order chi connectivity index (χ0) is 16.4. The van der Waals surface area contributed by atoms with Crippen molar-refractivity contribution >= 4 is 50.3 Å². The monoisotopic (exact) mass is 393 g/mol. The Balaban J connectivity index is 2.00. The van der Waals surface area contributed by atoms with Gasteiger partial charge in [-0.1, -0.05) is 40.2 Å². The van der Waals surface area contributed by atoms with Crippen LogP contribution in [0.3, 0.4) is 0 Å². The number of thioether (sulfide) groups is 1. The van der Waals surface area contributed by atoms with Crippen molar-refractivity contribution in [2.24, 2.45) is 0 Å². The van der Waals surface area contributed by atoms with Gasteiger partial charge in [0, 0.05) is 28.1 Å². The van der Waals surface area contributed by atoms with Crippen LogP contribution >= 0.6 is 27.7 Å². The summed E-state index contributed by atoms with van der Waals surface area (Å²) in [5, 5.41) is 11.0. The Bertz CT molecular complexity index is 765. The van der Waals surface area contributed by atoms with Gasteiger partial charge in [0.2, 0.25) is 0 Å². The molecule has 1 unspecified atom stereocenters. The van der Waals surface area contributed by atoms with Crippen LogP contribution in [0.1, 0.15) is 16.8 Å². The summed E-state index contributed by atoms with van der Waals surface area (Å²) in [4.78, 5) is 25.9. The van der Waals surface area contributed by atoms with Gasteiger partial charge in [0.25, 0.3) is 5.91 Å². The molecule has 1 atom stereocenters. The van der Waals surface area contributed by atoms with E-state index in [0.717, 1.165) is 21.0 Å². The highest BCUT2D eigenvalue weighted by atomic mass is 79.9. The SMILES string of the molecule is O=C(O)CC1CSCCN1C(=O)c1cc(Br)cc2ccccc12. The van der Waals surface area contributed by atoms with Crippen LogP contribution < -0.4 is 0 Å². The first kappa shape index (κ1) is 16.3. The predicted molar refractivity (Wildman–Crippen MR) is 96.1 cm³/mol. The number of carboxylic acid groups (broad SMARTS) is 1. The van der Waals surface area contributed by atoms with Gasteiger partial charge in [0.15, 0.2) is 0 Å². The van der Waals surface area contributed by atoms with E-state index in [-0.39, 0.29) is 18.4 Å². The Labute approximate surface area is 147 Å². The van der Waals surface area contributed by atoms with E-state index in [1.165, 1.54) is 0 Å². The molecule has 1 fully saturated rings. The quantitative estimate of drug-likeness (QED) is 0.864. The van der Waals surface area contributed by atoms with Crippen LogP contribution in [0.15, 0.2) is 40.9 Å². The Morgan fingerprint density at radius 3 is 2.87 bits per heavy atom. The minimum atomic E-state index is -0.866. The third kappa shape index (κ3) is 3.53. The Morgan fingerprint density at radius 1 is 1.30 bits per heavy atom. The van der Waals surface area contributed by atoms with Crippen molar-refractivity contribution in [3.63, 3.8) is 0 Å². The van der Waals surface area contributed by atoms with Crippen molar-refractivity contribution in [3.05, 3.63) is 46.4 Å². The molecule has 1 aliphatic heterocycles. The fraction of sp³-hybridized carbons (Fsp3) is 0.294. The van der Waals surface area contributed by atoms with E-state index in [1.807, 2.05) is 36.4 Å². The Morgan fingerprint density at radius 2 is 2.09 bits per heavy atom. The molecule has 0 aromatic heterocycles. The summed E-state index contributed by atoms with van der Waals surface area (Å²) in [6, 6.07) is 11.3. The molecule has 2 aromatic carbocycles. The fourth-order valence-electron chi connectivity index (χ4n) is 2.90. The molecule has 0 aliphatic carbocycles. The van der Waals surface area contributed by atoms with Crippen molar-refractivity contribution in [2.45, 2.75) is 12.5 Å². The third-order valence-corrected chi connectivity index (χ3v) is 5.51. The van der Waals surface area contributed by atoms with Gasteiger partial charge in [-0.05, 0) is 22.9 Å². The average Bonchev–Trinajstić information content (AvgIpc) is 2.53. The summed E-state index contributed by atoms with van der Waals surface area (Å²) < 4.78 is 0.848. The summed E-state index contributed by atoms with van der Waals surface area (Å²) in [5.41, 5.74) is 0.622. The van der Waals surface area contributed by atoms with E-state index >= 15 is 0 Å². The summed E-state index contributed by atoms with van der Waals surface area (Å²) in [6.07, 6.45) is -0.00925. The van der Waals surface area contributed by atoms with Gasteiger partial charge in [-0.2, -0.15) is 11.8 Å². The van der Waals surface area contributed by atoms with E-state index in [9.17, 15) is 9.59 Å². The van der Waals surface area contributed by atoms with Crippen molar-refractivity contribution in [3.8, 4) is 0 Å². The van der Waals surface area contributed by atoms with Gasteiger partial charge in [-0.3, -0.25) is 9.59 Å². The number of carboxylic acids is 1. The summed E-state index contributed by atoms with van der Waals surface area (Å²) in [7, 11) is 0. The van der Waals surface area contributed by atoms with Crippen LogP contribution in [0.5, 0.6) is 0 Å². The second-order valence-corrected chi connectivity index (χ2v) is 7.57. The molecule has 2 aromatic rings. The Hall–Kier alpha value is -1.53. The Kier molecular flexibility index (Phi) is 4.92. The van der Waals surface area contributed by atoms with Crippen molar-refractivity contribution in [1.29, 1.82) is 0 Å². The molecule has 6 heteroatoms. The normalized spacial score (nSPS) is 18.1. The highest BCUT2D eigenvalue weighted by molar-refractivity contribution is 9.10. The summed E-state index contributed by atoms with van der Waals surface area (Å²) in [6.45, 7) is 0.586. The van der Waals surface area contributed by atoms with E-state index in [0.29, 0.717) is 17.9 Å². The lowest BCUT2D eigenvalue weighted by Crippen LogP contribution is -2.47. The van der Waals surface area contributed by atoms with Gasteiger partial charge in [0.1, 0.15) is 0 Å². The fourth-order valence-corrected chi connectivity index (χ4v) is 4.44. The van der Waals surface area contributed by atoms with E-state index < -0.39 is 5.97 Å². The van der Waals surface area contributed by atoms with Crippen LogP contribution in [-0.4, -0.2) is 46.0 Å². The number of fused-ring (bicyclic) bond motifs is 1. The lowest BCUT2D eigenvalue weighted by atomic mass is 10.0. The molecule has 0 spiro atoms. The van der Waals surface area contributed by atoms with Gasteiger partial charge in [-0.15, -0.1) is 0 Å². The second kappa shape index (κ2) is 6.93. The van der Waals surface area contributed by atoms with Crippen LogP contribution in [0, 0.1) is 0 Å². The number of halogens is 1. The molecule has 1 amide bonds. The number of benzene rings is 2. The number of carbonyl (C=O) groups excluding carboxylic acids is 1. The maximum absolute atomic E-state index is 13.1. The first-order valence-electron chi connectivity index (χ1n) is 7.35. The molecule has 3 rings (SSSR count). The second-order valence-electron chi connectivity index (χ2n) is 5.50. The number of aliphatic carboxylic acids is 1. The average molecular weight is 394 g/mol. The number of nitrogens with zero attached hydrogens (tertiary/aromatic N) is 1. The molecular formula is C17H16BrNO3S. The number of rotatable bonds is 3. The minimum absolute atomic E-state index is 0.00925. The largest absolute Gasteiger partial charge is 0.481 e. The highest BCUT2D eigenvalue weighted by Gasteiger charge is 2.30. The zero-order valence-corrected chi connectivity index (χ0v) is 14.8. The van der Waals surface area contributed by atoms with Crippen molar-refractivity contribution < 1.29 is 14.7 Å². The number of hydrogen-bond acceptors (Lipinski definition) is 3. The molecule has 120 valence electrons. The number of amides is 1. The molecule has 4 nitrogen and oxygen atoms in total. The van der Waals surface area contributed by atoms with E-state index in [4.69, 9.17) is 5.11 Å². The molecule has 1 saturated heterocycles. The maximum Gasteiger partial charge on any atom is 0.305 e. The van der Waals surface area contributed by atoms with Crippen LogP contribution in [0.2, 0.25) is 0 Å². The van der Waals surface area contributed by atoms with Crippen molar-refractivity contribution in [1.82, 2.24) is 4.90 Å². The minimum Gasteiger partial charge on any atom is -0.481 e. The molecule has 1 heterocycles. The molecule has 1 N–H and O–H groups in total. The van der Waals surface area contributed by atoms with Crippen LogP contribution in [-0.2, 0) is 4.79 Å². The molecular weight excluding hydrogens is 378 g/mol. The first-order valence-corrected chi connectivity index (χ1v) is 9.30. The molecule has 0 saturated carbocycles. The smallest absolute Gasteiger partial charge is 0.305 e. The van der Waals surface area contributed by atoms with Gasteiger partial charge in [-0.25, -0.2) is 0 Å². The van der Waals surface area contributed by atoms with Crippen LogP contribution in [0.4, 0.5) is 0 Å². The molecule has 1 aliphatic rings. The van der Waals surface area contributed by atoms with E-state index in [1.54, 1.807) is 16.7 Å². The predicted octanol–water partition coefficient (Wildman–Crippen LogP) is 3.63. The number of hydrogen-bond donors (Lipinski definition) is 1. The van der Waals surface area contributed by atoms with Gasteiger partial charge >= 0.3 is 5.97 Å². The van der Waals surface area contributed by atoms with E-state index in [2.05, 4.69) is 15.9 Å². The summed E-state index contributed by atoms with van der Waals surface area (Å²) in [5.74, 6) is 0.557. The summed E-state index contributed by atoms with van der Waals surface area (Å²) >= 11 is 5.16. The number of carbonyl (C=O) groups is 2. The topological polar surface area (TPSA) is 57.6 Å².